The Morgan fingerprint density at radius 1 is 1.12 bits per heavy atom. The molecular formula is C24H40IN5O2. The van der Waals surface area contributed by atoms with Crippen LogP contribution in [0.3, 0.4) is 0 Å². The average Bonchev–Trinajstić information content (AvgIpc) is 2.82. The van der Waals surface area contributed by atoms with E-state index in [4.69, 9.17) is 4.74 Å². The molecule has 2 heterocycles. The zero-order chi connectivity index (χ0) is 21.9. The van der Waals surface area contributed by atoms with Crippen LogP contribution >= 0.6 is 24.0 Å². The van der Waals surface area contributed by atoms with E-state index < -0.39 is 0 Å². The zero-order valence-corrected chi connectivity index (χ0v) is 21.9. The number of hydrogen-bond acceptors (Lipinski definition) is 4. The van der Waals surface area contributed by atoms with E-state index in [2.05, 4.69) is 57.8 Å². The molecule has 0 bridgehead atoms. The van der Waals surface area contributed by atoms with Crippen molar-refractivity contribution in [2.45, 2.75) is 39.2 Å². The van der Waals surface area contributed by atoms with E-state index in [0.29, 0.717) is 12.0 Å². The zero-order valence-electron chi connectivity index (χ0n) is 19.6. The summed E-state index contributed by atoms with van der Waals surface area (Å²) >= 11 is 0. The van der Waals surface area contributed by atoms with Crippen molar-refractivity contribution in [3.8, 4) is 0 Å². The minimum absolute atomic E-state index is 0. The second kappa shape index (κ2) is 14.7. The van der Waals surface area contributed by atoms with Gasteiger partial charge in [0.2, 0.25) is 5.91 Å². The van der Waals surface area contributed by atoms with Crippen LogP contribution in [0.2, 0.25) is 0 Å². The second-order valence-corrected chi connectivity index (χ2v) is 8.59. The first-order chi connectivity index (χ1) is 15.2. The van der Waals surface area contributed by atoms with Crippen LogP contribution < -0.4 is 10.6 Å². The van der Waals surface area contributed by atoms with Crippen LogP contribution in [0.1, 0.15) is 32.3 Å². The van der Waals surface area contributed by atoms with E-state index in [-0.39, 0.29) is 36.4 Å². The van der Waals surface area contributed by atoms with Crippen molar-refractivity contribution in [1.29, 1.82) is 0 Å². The fourth-order valence-electron chi connectivity index (χ4n) is 4.31. The smallest absolute Gasteiger partial charge is 0.244 e. The quantitative estimate of drug-likeness (QED) is 0.292. The number of piperidine rings is 1. The Hall–Kier alpha value is -1.39. The molecule has 2 fully saturated rings. The Morgan fingerprint density at radius 3 is 2.47 bits per heavy atom. The summed E-state index contributed by atoms with van der Waals surface area (Å²) < 4.78 is 5.43. The van der Waals surface area contributed by atoms with Crippen LogP contribution in [0, 0.1) is 5.92 Å². The van der Waals surface area contributed by atoms with E-state index in [1.165, 1.54) is 5.56 Å². The SMILES string of the molecule is CCNC(=NCC(=O)N1CCC(Cc2ccccc2)CC1)NCC(C)N1CCOCC1.I. The van der Waals surface area contributed by atoms with Gasteiger partial charge in [0.1, 0.15) is 6.54 Å². The predicted molar refractivity (Wildman–Crippen MR) is 141 cm³/mol. The van der Waals surface area contributed by atoms with Gasteiger partial charge in [-0.15, -0.1) is 24.0 Å². The van der Waals surface area contributed by atoms with Gasteiger partial charge in [-0.1, -0.05) is 30.3 Å². The Balaban J connectivity index is 0.00000363. The van der Waals surface area contributed by atoms with Gasteiger partial charge in [0.15, 0.2) is 5.96 Å². The van der Waals surface area contributed by atoms with Crippen molar-refractivity contribution in [3.05, 3.63) is 35.9 Å². The lowest BCUT2D eigenvalue weighted by atomic mass is 9.90. The molecule has 0 radical (unpaired) electrons. The number of nitrogens with zero attached hydrogens (tertiary/aromatic N) is 3. The summed E-state index contributed by atoms with van der Waals surface area (Å²) in [5.41, 5.74) is 1.39. The molecule has 2 aliphatic rings. The van der Waals surface area contributed by atoms with Crippen LogP contribution in [0.5, 0.6) is 0 Å². The van der Waals surface area contributed by atoms with Crippen LogP contribution in [0.15, 0.2) is 35.3 Å². The summed E-state index contributed by atoms with van der Waals surface area (Å²) in [6.07, 6.45) is 3.25. The molecule has 2 N–H and O–H groups in total. The minimum atomic E-state index is 0. The van der Waals surface area contributed by atoms with Crippen LogP contribution in [-0.2, 0) is 16.0 Å². The number of ether oxygens (including phenoxy) is 1. The molecule has 1 aromatic rings. The standard InChI is InChI=1S/C24H39N5O2.HI/c1-3-25-24(26-18-20(2)28-13-15-31-16-14-28)27-19-23(30)29-11-9-22(10-12-29)17-21-7-5-4-6-8-21;/h4-8,20,22H,3,9-19H2,1-2H3,(H2,25,26,27);1H. The highest BCUT2D eigenvalue weighted by Gasteiger charge is 2.23. The molecule has 1 amide bonds. The maximum absolute atomic E-state index is 12.7. The number of rotatable bonds is 8. The normalized spacial score (nSPS) is 19.2. The number of nitrogens with one attached hydrogen (secondary N) is 2. The maximum atomic E-state index is 12.7. The van der Waals surface area contributed by atoms with E-state index in [1.807, 2.05) is 11.8 Å². The van der Waals surface area contributed by atoms with E-state index in [9.17, 15) is 4.79 Å². The van der Waals surface area contributed by atoms with E-state index in [0.717, 1.165) is 77.7 Å². The third-order valence-electron chi connectivity index (χ3n) is 6.29. The summed E-state index contributed by atoms with van der Waals surface area (Å²) in [5.74, 6) is 1.50. The van der Waals surface area contributed by atoms with Gasteiger partial charge in [-0.25, -0.2) is 4.99 Å². The summed E-state index contributed by atoms with van der Waals surface area (Å²) in [6, 6.07) is 11.0. The molecule has 2 saturated heterocycles. The van der Waals surface area contributed by atoms with Crippen molar-refractivity contribution in [1.82, 2.24) is 20.4 Å². The number of benzene rings is 1. The average molecular weight is 558 g/mol. The maximum Gasteiger partial charge on any atom is 0.244 e. The first-order valence-corrected chi connectivity index (χ1v) is 11.8. The Morgan fingerprint density at radius 2 is 1.81 bits per heavy atom. The number of aliphatic imine (C=N–C) groups is 1. The van der Waals surface area contributed by atoms with Gasteiger partial charge in [-0.2, -0.15) is 0 Å². The summed E-state index contributed by atoms with van der Waals surface area (Å²) in [5, 5.41) is 6.65. The molecule has 0 saturated carbocycles. The lowest BCUT2D eigenvalue weighted by Crippen LogP contribution is -2.49. The first kappa shape index (κ1) is 26.9. The Kier molecular flexibility index (Phi) is 12.3. The molecule has 1 atom stereocenters. The third kappa shape index (κ3) is 8.86. The lowest BCUT2D eigenvalue weighted by Gasteiger charge is -2.32. The van der Waals surface area contributed by atoms with E-state index >= 15 is 0 Å². The molecule has 180 valence electrons. The summed E-state index contributed by atoms with van der Waals surface area (Å²) in [7, 11) is 0. The molecular weight excluding hydrogens is 517 g/mol. The highest BCUT2D eigenvalue weighted by molar-refractivity contribution is 14.0. The van der Waals surface area contributed by atoms with Crippen molar-refractivity contribution >= 4 is 35.8 Å². The summed E-state index contributed by atoms with van der Waals surface area (Å²) in [6.45, 7) is 11.2. The van der Waals surface area contributed by atoms with Gasteiger partial charge in [0.05, 0.1) is 13.2 Å². The first-order valence-electron chi connectivity index (χ1n) is 11.8. The fraction of sp³-hybridized carbons (Fsp3) is 0.667. The molecule has 8 heteroatoms. The number of halogens is 1. The monoisotopic (exact) mass is 557 g/mol. The molecule has 0 aliphatic carbocycles. The lowest BCUT2D eigenvalue weighted by molar-refractivity contribution is -0.130. The van der Waals surface area contributed by atoms with Gasteiger partial charge in [0.25, 0.3) is 0 Å². The minimum Gasteiger partial charge on any atom is -0.379 e. The number of morpholine rings is 1. The highest BCUT2D eigenvalue weighted by atomic mass is 127. The highest BCUT2D eigenvalue weighted by Crippen LogP contribution is 2.21. The number of likely N-dealkylation sites (tertiary alicyclic amines) is 1. The number of guanidine groups is 1. The third-order valence-corrected chi connectivity index (χ3v) is 6.29. The van der Waals surface area contributed by atoms with Crippen LogP contribution in [0.25, 0.3) is 0 Å². The Labute approximate surface area is 210 Å². The molecule has 1 aromatic carbocycles. The number of carbonyl (C=O) groups excluding carboxylic acids is 1. The second-order valence-electron chi connectivity index (χ2n) is 8.59. The molecule has 0 aromatic heterocycles. The summed E-state index contributed by atoms with van der Waals surface area (Å²) in [4.78, 5) is 21.6. The van der Waals surface area contributed by atoms with Crippen LogP contribution in [-0.4, -0.2) is 86.7 Å². The largest absolute Gasteiger partial charge is 0.379 e. The molecule has 2 aliphatic heterocycles. The van der Waals surface area contributed by atoms with Crippen molar-refractivity contribution in [3.63, 3.8) is 0 Å². The number of carbonyl (C=O) groups is 1. The van der Waals surface area contributed by atoms with Crippen LogP contribution in [0.4, 0.5) is 0 Å². The van der Waals surface area contributed by atoms with Gasteiger partial charge in [-0.05, 0) is 44.6 Å². The molecule has 1 unspecified atom stereocenters. The predicted octanol–water partition coefficient (Wildman–Crippen LogP) is 2.36. The van der Waals surface area contributed by atoms with Crippen molar-refractivity contribution in [2.24, 2.45) is 10.9 Å². The Bertz CT molecular complexity index is 689. The molecule has 3 rings (SSSR count). The number of amides is 1. The number of hydrogen-bond donors (Lipinski definition) is 2. The van der Waals surface area contributed by atoms with Crippen molar-refractivity contribution < 1.29 is 9.53 Å². The molecule has 32 heavy (non-hydrogen) atoms. The molecule has 0 spiro atoms. The van der Waals surface area contributed by atoms with Gasteiger partial charge >= 0.3 is 0 Å². The van der Waals surface area contributed by atoms with Gasteiger partial charge in [-0.3, -0.25) is 9.69 Å². The fourth-order valence-corrected chi connectivity index (χ4v) is 4.31. The topological polar surface area (TPSA) is 69.2 Å². The van der Waals surface area contributed by atoms with Crippen molar-refractivity contribution in [2.75, 3.05) is 59.0 Å². The molecule has 7 nitrogen and oxygen atoms in total. The van der Waals surface area contributed by atoms with Gasteiger partial charge < -0.3 is 20.3 Å². The van der Waals surface area contributed by atoms with E-state index in [1.54, 1.807) is 0 Å². The van der Waals surface area contributed by atoms with Gasteiger partial charge in [0, 0.05) is 45.3 Å².